The van der Waals surface area contributed by atoms with E-state index in [-0.39, 0.29) is 32.2 Å². The molecule has 0 bridgehead atoms. The van der Waals surface area contributed by atoms with Gasteiger partial charge in [-0.25, -0.2) is 0 Å². The fourth-order valence-electron chi connectivity index (χ4n) is 5.31. The summed E-state index contributed by atoms with van der Waals surface area (Å²) in [7, 11) is 1.56. The quantitative estimate of drug-likeness (QED) is 0.530. The van der Waals surface area contributed by atoms with Crippen molar-refractivity contribution in [3.8, 4) is 5.75 Å². The van der Waals surface area contributed by atoms with Crippen LogP contribution in [0.15, 0.2) is 48.6 Å². The van der Waals surface area contributed by atoms with Crippen LogP contribution in [0.25, 0.3) is 0 Å². The Morgan fingerprint density at radius 2 is 1.94 bits per heavy atom. The maximum atomic E-state index is 13.9. The van der Waals surface area contributed by atoms with Gasteiger partial charge in [0.1, 0.15) is 29.9 Å². The lowest BCUT2D eigenvalue weighted by Gasteiger charge is -2.35. The van der Waals surface area contributed by atoms with Gasteiger partial charge in [-0.15, -0.1) is 0 Å². The van der Waals surface area contributed by atoms with Gasteiger partial charge in [-0.05, 0) is 30.3 Å². The first kappa shape index (κ1) is 20.7. The number of methoxy groups -OCH3 is 1. The molecule has 1 aromatic carbocycles. The summed E-state index contributed by atoms with van der Waals surface area (Å²) in [6.07, 6.45) is 6.30. The van der Waals surface area contributed by atoms with E-state index >= 15 is 0 Å². The second kappa shape index (κ2) is 7.75. The first-order valence-electron chi connectivity index (χ1n) is 10.6. The van der Waals surface area contributed by atoms with Crippen LogP contribution in [0.3, 0.4) is 0 Å². The van der Waals surface area contributed by atoms with E-state index in [0.717, 1.165) is 0 Å². The molecule has 2 amide bonds. The van der Waals surface area contributed by atoms with Crippen molar-refractivity contribution in [1.29, 1.82) is 0 Å². The first-order valence-corrected chi connectivity index (χ1v) is 10.6. The first-order chi connectivity index (χ1) is 15.5. The summed E-state index contributed by atoms with van der Waals surface area (Å²) in [5.74, 6) is -2.34. The topological polar surface area (TPSA) is 106 Å². The van der Waals surface area contributed by atoms with Gasteiger partial charge >= 0.3 is 5.97 Å². The third-order valence-corrected chi connectivity index (χ3v) is 6.64. The van der Waals surface area contributed by atoms with E-state index in [2.05, 4.69) is 0 Å². The van der Waals surface area contributed by atoms with Crippen LogP contribution in [-0.4, -0.2) is 79.0 Å². The largest absolute Gasteiger partial charge is 0.497 e. The molecule has 1 N–H and O–H groups in total. The van der Waals surface area contributed by atoms with Gasteiger partial charge in [-0.2, -0.15) is 0 Å². The van der Waals surface area contributed by atoms with Gasteiger partial charge in [0.15, 0.2) is 0 Å². The molecule has 0 aromatic heterocycles. The fourth-order valence-corrected chi connectivity index (χ4v) is 5.31. The molecule has 0 aliphatic carbocycles. The Morgan fingerprint density at radius 3 is 2.66 bits per heavy atom. The van der Waals surface area contributed by atoms with Gasteiger partial charge in [0, 0.05) is 18.8 Å². The lowest BCUT2D eigenvalue weighted by Crippen LogP contribution is -2.55. The Balaban J connectivity index is 1.59. The molecule has 0 saturated carbocycles. The highest BCUT2D eigenvalue weighted by molar-refractivity contribution is 6.05. The van der Waals surface area contributed by atoms with E-state index in [4.69, 9.17) is 14.2 Å². The highest BCUT2D eigenvalue weighted by Crippen LogP contribution is 2.53. The van der Waals surface area contributed by atoms with Crippen molar-refractivity contribution < 1.29 is 33.7 Å². The van der Waals surface area contributed by atoms with Crippen molar-refractivity contribution in [3.05, 3.63) is 48.6 Å². The van der Waals surface area contributed by atoms with Crippen LogP contribution in [-0.2, 0) is 23.9 Å². The number of anilines is 1. The number of β-amino-alcohol motifs (C(OH)–C–C–N with tert-alkyl or cyclic N) is 1. The maximum absolute atomic E-state index is 13.9. The van der Waals surface area contributed by atoms with Gasteiger partial charge in [0.25, 0.3) is 5.91 Å². The van der Waals surface area contributed by atoms with E-state index in [0.29, 0.717) is 11.4 Å². The second-order valence-electron chi connectivity index (χ2n) is 8.20. The molecule has 4 aliphatic heterocycles. The molecule has 5 rings (SSSR count). The highest BCUT2D eigenvalue weighted by Gasteiger charge is 2.71. The molecule has 1 aromatic rings. The molecule has 0 radical (unpaired) electrons. The number of hydrogen-bond donors (Lipinski definition) is 1. The molecular formula is C23H24N2O7. The SMILES string of the molecule is COc1ccc(N2CC=C[C@]34O[C@H]5C=CCOC(=O)[C@H]5[C@H]3C(=O)N(CCO)C4C2=O)cc1. The number of ether oxygens (including phenoxy) is 3. The number of amides is 2. The molecule has 9 nitrogen and oxygen atoms in total. The molecule has 1 unspecified atom stereocenters. The lowest BCUT2D eigenvalue weighted by molar-refractivity contribution is -0.152. The standard InChI is InChI=1S/C23H24N2O7/c1-30-15-7-5-14(6-8-15)24-10-3-9-23-18(17-16(32-23)4-2-13-31-22(17)29)20(27)25(11-12-26)19(23)21(24)28/h2-9,16-19,26H,10-13H2,1H3/t16-,17+,18-,19?,23-/m0/s1. The zero-order valence-corrected chi connectivity index (χ0v) is 17.5. The number of rotatable bonds is 4. The monoisotopic (exact) mass is 440 g/mol. The van der Waals surface area contributed by atoms with E-state index in [1.165, 1.54) is 4.90 Å². The van der Waals surface area contributed by atoms with Crippen LogP contribution in [0.2, 0.25) is 0 Å². The number of hydrogen-bond acceptors (Lipinski definition) is 7. The Hall–Kier alpha value is -3.17. The third kappa shape index (κ3) is 2.88. The molecule has 32 heavy (non-hydrogen) atoms. The Bertz CT molecular complexity index is 1000. The van der Waals surface area contributed by atoms with Crippen molar-refractivity contribution in [2.24, 2.45) is 11.8 Å². The van der Waals surface area contributed by atoms with Crippen LogP contribution in [0, 0.1) is 11.8 Å². The number of benzene rings is 1. The summed E-state index contributed by atoms with van der Waals surface area (Å²) in [6.45, 7) is 0.0373. The van der Waals surface area contributed by atoms with Crippen molar-refractivity contribution in [2.45, 2.75) is 17.7 Å². The van der Waals surface area contributed by atoms with Crippen LogP contribution in [0.4, 0.5) is 5.69 Å². The number of nitrogens with zero attached hydrogens (tertiary/aromatic N) is 2. The summed E-state index contributed by atoms with van der Waals surface area (Å²) in [4.78, 5) is 43.0. The van der Waals surface area contributed by atoms with Crippen LogP contribution in [0.1, 0.15) is 0 Å². The van der Waals surface area contributed by atoms with Crippen molar-refractivity contribution >= 4 is 23.5 Å². The smallest absolute Gasteiger partial charge is 0.313 e. The Morgan fingerprint density at radius 1 is 1.16 bits per heavy atom. The van der Waals surface area contributed by atoms with Crippen LogP contribution < -0.4 is 9.64 Å². The molecule has 168 valence electrons. The van der Waals surface area contributed by atoms with Gasteiger partial charge in [0.2, 0.25) is 5.91 Å². The highest BCUT2D eigenvalue weighted by atomic mass is 16.6. The van der Waals surface area contributed by atoms with E-state index in [9.17, 15) is 19.5 Å². The maximum Gasteiger partial charge on any atom is 0.313 e. The molecule has 5 atom stereocenters. The van der Waals surface area contributed by atoms with Gasteiger partial charge in [-0.3, -0.25) is 14.4 Å². The van der Waals surface area contributed by atoms with E-state index in [1.54, 1.807) is 60.6 Å². The molecule has 2 saturated heterocycles. The Kier molecular flexibility index (Phi) is 5.02. The minimum Gasteiger partial charge on any atom is -0.497 e. The lowest BCUT2D eigenvalue weighted by atomic mass is 9.78. The van der Waals surface area contributed by atoms with Gasteiger partial charge in [-0.1, -0.05) is 18.2 Å². The molecule has 2 fully saturated rings. The Labute approximate surface area is 184 Å². The summed E-state index contributed by atoms with van der Waals surface area (Å²) >= 11 is 0. The van der Waals surface area contributed by atoms with Gasteiger partial charge in [0.05, 0.1) is 25.7 Å². The number of carbonyl (C=O) groups excluding carboxylic acids is 3. The average Bonchev–Trinajstić information content (AvgIpc) is 3.08. The van der Waals surface area contributed by atoms with Gasteiger partial charge < -0.3 is 29.1 Å². The van der Waals surface area contributed by atoms with Crippen LogP contribution >= 0.6 is 0 Å². The summed E-state index contributed by atoms with van der Waals surface area (Å²) in [6, 6.07) is 6.04. The van der Waals surface area contributed by atoms with E-state index in [1.807, 2.05) is 0 Å². The van der Waals surface area contributed by atoms with Crippen LogP contribution in [0.5, 0.6) is 5.75 Å². The number of aliphatic hydroxyl groups is 1. The molecule has 4 heterocycles. The number of cyclic esters (lactones) is 1. The predicted molar refractivity (Wildman–Crippen MR) is 112 cm³/mol. The number of esters is 1. The summed E-state index contributed by atoms with van der Waals surface area (Å²) in [5, 5.41) is 9.63. The van der Waals surface area contributed by atoms with Crippen molar-refractivity contribution in [2.75, 3.05) is 38.3 Å². The molecule has 9 heteroatoms. The summed E-state index contributed by atoms with van der Waals surface area (Å²) < 4.78 is 16.8. The van der Waals surface area contributed by atoms with E-state index < -0.39 is 41.5 Å². The average molecular weight is 440 g/mol. The number of aliphatic hydroxyl groups excluding tert-OH is 1. The van der Waals surface area contributed by atoms with Crippen molar-refractivity contribution in [1.82, 2.24) is 4.90 Å². The summed E-state index contributed by atoms with van der Waals surface area (Å²) in [5.41, 5.74) is -0.676. The second-order valence-corrected chi connectivity index (χ2v) is 8.20. The predicted octanol–water partition coefficient (Wildman–Crippen LogP) is 0.284. The number of likely N-dealkylation sites (tertiary alicyclic amines) is 1. The zero-order chi connectivity index (χ0) is 22.5. The number of fused-ring (bicyclic) bond motifs is 2. The minimum absolute atomic E-state index is 0.0383. The fraction of sp³-hybridized carbons (Fsp3) is 0.435. The van der Waals surface area contributed by atoms with Crippen molar-refractivity contribution in [3.63, 3.8) is 0 Å². The minimum atomic E-state index is -1.32. The zero-order valence-electron chi connectivity index (χ0n) is 17.5. The normalized spacial score (nSPS) is 33.4. The number of carbonyl (C=O) groups is 3. The third-order valence-electron chi connectivity index (χ3n) is 6.64. The molecule has 4 aliphatic rings. The molecular weight excluding hydrogens is 416 g/mol. The molecule has 1 spiro atoms.